The molecule has 0 aliphatic heterocycles. The molecule has 0 aliphatic rings. The van der Waals surface area contributed by atoms with E-state index in [1.54, 1.807) is 4.90 Å². The molecule has 5 nitrogen and oxygen atoms in total. The molecule has 0 atom stereocenters. The van der Waals surface area contributed by atoms with Gasteiger partial charge in [-0.1, -0.05) is 20.8 Å². The van der Waals surface area contributed by atoms with Crippen LogP contribution in [0.3, 0.4) is 0 Å². The molecule has 0 aromatic carbocycles. The molecular weight excluding hydrogens is 292 g/mol. The molecule has 0 rings (SSSR count). The monoisotopic (exact) mass is 330 g/mol. The van der Waals surface area contributed by atoms with Gasteiger partial charge in [-0.3, -0.25) is 0 Å². The third-order valence-electron chi connectivity index (χ3n) is 3.46. The van der Waals surface area contributed by atoms with Gasteiger partial charge in [-0.2, -0.15) is 0 Å². The summed E-state index contributed by atoms with van der Waals surface area (Å²) in [6, 6.07) is 0. The molecule has 0 spiro atoms. The number of carbonyl (C=O) groups is 1. The van der Waals surface area contributed by atoms with E-state index in [1.807, 2.05) is 41.5 Å². The lowest BCUT2D eigenvalue weighted by Gasteiger charge is -2.39. The fourth-order valence-corrected chi connectivity index (χ4v) is 2.29. The van der Waals surface area contributed by atoms with Crippen LogP contribution in [0.1, 0.15) is 62.3 Å². The second-order valence-electron chi connectivity index (χ2n) is 8.47. The highest BCUT2D eigenvalue weighted by Gasteiger charge is 2.33. The van der Waals surface area contributed by atoms with Gasteiger partial charge in [0.2, 0.25) is 0 Å². The summed E-state index contributed by atoms with van der Waals surface area (Å²) in [5, 5.41) is 3.35. The van der Waals surface area contributed by atoms with E-state index in [4.69, 9.17) is 9.47 Å². The van der Waals surface area contributed by atoms with E-state index in [2.05, 4.69) is 26.1 Å². The first kappa shape index (κ1) is 22.2. The van der Waals surface area contributed by atoms with Crippen molar-refractivity contribution in [1.29, 1.82) is 0 Å². The van der Waals surface area contributed by atoms with Crippen molar-refractivity contribution >= 4 is 6.09 Å². The zero-order chi connectivity index (χ0) is 18.3. The van der Waals surface area contributed by atoms with E-state index in [0.29, 0.717) is 19.8 Å². The van der Waals surface area contributed by atoms with E-state index in [-0.39, 0.29) is 11.5 Å². The molecule has 0 saturated carbocycles. The Morgan fingerprint density at radius 3 is 2.00 bits per heavy atom. The topological polar surface area (TPSA) is 50.8 Å². The summed E-state index contributed by atoms with van der Waals surface area (Å²) in [6.07, 6.45) is -0.291. The van der Waals surface area contributed by atoms with Crippen molar-refractivity contribution in [1.82, 2.24) is 10.2 Å². The minimum absolute atomic E-state index is 0.0645. The van der Waals surface area contributed by atoms with Crippen molar-refractivity contribution in [2.75, 3.05) is 32.8 Å². The highest BCUT2D eigenvalue weighted by molar-refractivity contribution is 5.69. The van der Waals surface area contributed by atoms with Crippen molar-refractivity contribution in [2.45, 2.75) is 73.5 Å². The molecule has 138 valence electrons. The first-order valence-electron chi connectivity index (χ1n) is 8.64. The highest BCUT2D eigenvalue weighted by atomic mass is 16.6. The lowest BCUT2D eigenvalue weighted by atomic mass is 9.94. The minimum atomic E-state index is -0.491. The van der Waals surface area contributed by atoms with Crippen LogP contribution in [0.2, 0.25) is 0 Å². The van der Waals surface area contributed by atoms with E-state index < -0.39 is 11.1 Å². The molecule has 1 N–H and O–H groups in total. The molecule has 0 radical (unpaired) electrons. The van der Waals surface area contributed by atoms with Crippen LogP contribution in [0.25, 0.3) is 0 Å². The molecule has 0 aromatic heterocycles. The average Bonchev–Trinajstić information content (AvgIpc) is 2.34. The molecule has 0 unspecified atom stereocenters. The quantitative estimate of drug-likeness (QED) is 0.701. The predicted molar refractivity (Wildman–Crippen MR) is 95.8 cm³/mol. The summed E-state index contributed by atoms with van der Waals surface area (Å²) in [7, 11) is 0. The third-order valence-corrected chi connectivity index (χ3v) is 3.46. The summed E-state index contributed by atoms with van der Waals surface area (Å²) < 4.78 is 11.4. The van der Waals surface area contributed by atoms with Crippen molar-refractivity contribution in [3.8, 4) is 0 Å². The Morgan fingerprint density at radius 1 is 1.00 bits per heavy atom. The van der Waals surface area contributed by atoms with Crippen LogP contribution >= 0.6 is 0 Å². The number of likely N-dealkylation sites (N-methyl/N-ethyl adjacent to an activating group) is 1. The van der Waals surface area contributed by atoms with Crippen molar-refractivity contribution < 1.29 is 14.3 Å². The lowest BCUT2D eigenvalue weighted by Crippen LogP contribution is -2.52. The van der Waals surface area contributed by atoms with Gasteiger partial charge in [-0.05, 0) is 48.1 Å². The number of amides is 1. The van der Waals surface area contributed by atoms with Gasteiger partial charge in [0.1, 0.15) is 5.60 Å². The van der Waals surface area contributed by atoms with Gasteiger partial charge in [0.25, 0.3) is 0 Å². The number of carbonyl (C=O) groups excluding carboxylic acids is 1. The van der Waals surface area contributed by atoms with Crippen LogP contribution in [0.4, 0.5) is 4.79 Å². The van der Waals surface area contributed by atoms with Crippen molar-refractivity contribution in [2.24, 2.45) is 5.41 Å². The van der Waals surface area contributed by atoms with Gasteiger partial charge in [-0.25, -0.2) is 4.79 Å². The van der Waals surface area contributed by atoms with Crippen LogP contribution in [0.5, 0.6) is 0 Å². The Bertz CT molecular complexity index is 360. The van der Waals surface area contributed by atoms with Gasteiger partial charge < -0.3 is 19.7 Å². The summed E-state index contributed by atoms with van der Waals surface area (Å²) in [4.78, 5) is 14.1. The van der Waals surface area contributed by atoms with Gasteiger partial charge >= 0.3 is 6.09 Å². The zero-order valence-corrected chi connectivity index (χ0v) is 16.7. The molecule has 5 heteroatoms. The molecule has 0 aliphatic carbocycles. The second kappa shape index (κ2) is 8.88. The number of hydrogen-bond acceptors (Lipinski definition) is 4. The summed E-state index contributed by atoms with van der Waals surface area (Å²) in [6.45, 7) is 21.7. The SMILES string of the molecule is CCNCC(C)(C)COCC(C)(C)N(CC)C(=O)OC(C)(C)C. The maximum Gasteiger partial charge on any atom is 0.410 e. The van der Waals surface area contributed by atoms with Crippen molar-refractivity contribution in [3.05, 3.63) is 0 Å². The second-order valence-corrected chi connectivity index (χ2v) is 8.47. The number of nitrogens with zero attached hydrogens (tertiary/aromatic N) is 1. The number of hydrogen-bond donors (Lipinski definition) is 1. The predicted octanol–water partition coefficient (Wildman–Crippen LogP) is 3.67. The molecule has 1 amide bonds. The summed E-state index contributed by atoms with van der Waals surface area (Å²) >= 11 is 0. The minimum Gasteiger partial charge on any atom is -0.444 e. The van der Waals surface area contributed by atoms with E-state index in [0.717, 1.165) is 13.1 Å². The third kappa shape index (κ3) is 9.16. The van der Waals surface area contributed by atoms with Crippen LogP contribution in [-0.4, -0.2) is 55.0 Å². The van der Waals surface area contributed by atoms with E-state index >= 15 is 0 Å². The first-order valence-corrected chi connectivity index (χ1v) is 8.64. The highest BCUT2D eigenvalue weighted by Crippen LogP contribution is 2.21. The molecule has 0 heterocycles. The smallest absolute Gasteiger partial charge is 0.410 e. The Morgan fingerprint density at radius 2 is 1.57 bits per heavy atom. The van der Waals surface area contributed by atoms with Crippen LogP contribution in [0.15, 0.2) is 0 Å². The largest absolute Gasteiger partial charge is 0.444 e. The van der Waals surface area contributed by atoms with Crippen LogP contribution < -0.4 is 5.32 Å². The molecular formula is C18H38N2O3. The molecule has 0 aromatic rings. The Labute approximate surface area is 143 Å². The molecule has 0 bridgehead atoms. The number of nitrogens with one attached hydrogen (secondary N) is 1. The Kier molecular flexibility index (Phi) is 8.57. The summed E-state index contributed by atoms with van der Waals surface area (Å²) in [5.41, 5.74) is -0.838. The van der Waals surface area contributed by atoms with E-state index in [1.165, 1.54) is 0 Å². The van der Waals surface area contributed by atoms with E-state index in [9.17, 15) is 4.79 Å². The van der Waals surface area contributed by atoms with Gasteiger partial charge in [-0.15, -0.1) is 0 Å². The van der Waals surface area contributed by atoms with Crippen molar-refractivity contribution in [3.63, 3.8) is 0 Å². The number of rotatable bonds is 9. The zero-order valence-electron chi connectivity index (χ0n) is 16.7. The Hall–Kier alpha value is -0.810. The molecule has 0 saturated heterocycles. The normalized spacial score (nSPS) is 13.1. The fraction of sp³-hybridized carbons (Fsp3) is 0.944. The van der Waals surface area contributed by atoms with Gasteiger partial charge in [0.05, 0.1) is 18.8 Å². The number of ether oxygens (including phenoxy) is 2. The maximum atomic E-state index is 12.4. The van der Waals surface area contributed by atoms with Crippen LogP contribution in [-0.2, 0) is 9.47 Å². The summed E-state index contributed by atoms with van der Waals surface area (Å²) in [5.74, 6) is 0. The molecule has 23 heavy (non-hydrogen) atoms. The fourth-order valence-electron chi connectivity index (χ4n) is 2.29. The molecule has 0 fully saturated rings. The maximum absolute atomic E-state index is 12.4. The Balaban J connectivity index is 4.61. The standard InChI is InChI=1S/C18H38N2O3/c1-10-19-12-17(6,7)13-22-14-18(8,9)20(11-2)15(21)23-16(3,4)5/h19H,10-14H2,1-9H3. The average molecular weight is 331 g/mol. The first-order chi connectivity index (χ1) is 10.3. The van der Waals surface area contributed by atoms with Crippen LogP contribution in [0, 0.1) is 5.41 Å². The van der Waals surface area contributed by atoms with Gasteiger partial charge in [0, 0.05) is 18.5 Å². The lowest BCUT2D eigenvalue weighted by molar-refractivity contribution is -0.0323. The van der Waals surface area contributed by atoms with Gasteiger partial charge in [0.15, 0.2) is 0 Å².